The highest BCUT2D eigenvalue weighted by atomic mass is 16.5. The van der Waals surface area contributed by atoms with Crippen molar-refractivity contribution in [2.45, 2.75) is 19.1 Å². The largest absolute Gasteiger partial charge is 0.491 e. The molecule has 0 radical (unpaired) electrons. The number of aliphatic carboxylic acids is 1. The van der Waals surface area contributed by atoms with E-state index in [-0.39, 0.29) is 13.2 Å². The number of ether oxygens (including phenoxy) is 2. The van der Waals surface area contributed by atoms with Gasteiger partial charge in [-0.2, -0.15) is 0 Å². The molecular formula is C18H19NO5. The van der Waals surface area contributed by atoms with Crippen molar-refractivity contribution in [2.75, 3.05) is 6.61 Å². The average Bonchev–Trinajstić information content (AvgIpc) is 2.60. The van der Waals surface area contributed by atoms with Crippen LogP contribution < -0.4 is 10.1 Å². The Labute approximate surface area is 140 Å². The molecule has 0 spiro atoms. The second-order valence-corrected chi connectivity index (χ2v) is 5.43. The molecule has 0 bridgehead atoms. The number of amides is 1. The summed E-state index contributed by atoms with van der Waals surface area (Å²) in [6, 6.07) is 17.9. The third kappa shape index (κ3) is 5.01. The van der Waals surface area contributed by atoms with Crippen LogP contribution in [-0.4, -0.2) is 29.3 Å². The number of benzene rings is 2. The Morgan fingerprint density at radius 2 is 1.62 bits per heavy atom. The maximum atomic E-state index is 11.9. The van der Waals surface area contributed by atoms with Crippen LogP contribution in [0.4, 0.5) is 4.79 Å². The molecule has 0 aliphatic rings. The molecule has 2 aromatic rings. The van der Waals surface area contributed by atoms with Crippen molar-refractivity contribution in [1.29, 1.82) is 0 Å². The van der Waals surface area contributed by atoms with E-state index in [4.69, 9.17) is 9.47 Å². The first-order chi connectivity index (χ1) is 11.5. The summed E-state index contributed by atoms with van der Waals surface area (Å²) in [5, 5.41) is 11.7. The number of hydrogen-bond donors (Lipinski definition) is 2. The summed E-state index contributed by atoms with van der Waals surface area (Å²) in [5.41, 5.74) is -0.797. The minimum Gasteiger partial charge on any atom is -0.491 e. The number of carboxylic acid groups (broad SMARTS) is 1. The molecule has 2 N–H and O–H groups in total. The average molecular weight is 329 g/mol. The van der Waals surface area contributed by atoms with Gasteiger partial charge in [0, 0.05) is 0 Å². The quantitative estimate of drug-likeness (QED) is 0.816. The summed E-state index contributed by atoms with van der Waals surface area (Å²) in [6.07, 6.45) is -0.819. The third-order valence-corrected chi connectivity index (χ3v) is 3.33. The van der Waals surface area contributed by atoms with Gasteiger partial charge in [0.05, 0.1) is 0 Å². The van der Waals surface area contributed by atoms with Crippen molar-refractivity contribution >= 4 is 12.1 Å². The number of alkyl carbamates (subject to hydrolysis) is 1. The molecule has 0 heterocycles. The summed E-state index contributed by atoms with van der Waals surface area (Å²) in [5.74, 6) is -0.695. The molecule has 6 nitrogen and oxygen atoms in total. The molecule has 24 heavy (non-hydrogen) atoms. The number of carbonyl (C=O) groups is 2. The number of carboxylic acids is 1. The Kier molecular flexibility index (Phi) is 5.78. The Morgan fingerprint density at radius 1 is 1.04 bits per heavy atom. The molecular weight excluding hydrogens is 310 g/mol. The molecule has 0 saturated carbocycles. The van der Waals surface area contributed by atoms with E-state index in [0.717, 1.165) is 5.56 Å². The number of para-hydroxylation sites is 1. The highest BCUT2D eigenvalue weighted by Crippen LogP contribution is 2.13. The van der Waals surface area contributed by atoms with E-state index in [2.05, 4.69) is 5.32 Å². The smallest absolute Gasteiger partial charge is 0.408 e. The molecule has 1 amide bonds. The topological polar surface area (TPSA) is 84.9 Å². The van der Waals surface area contributed by atoms with Gasteiger partial charge in [0.1, 0.15) is 19.0 Å². The predicted molar refractivity (Wildman–Crippen MR) is 87.7 cm³/mol. The maximum absolute atomic E-state index is 11.9. The van der Waals surface area contributed by atoms with Crippen molar-refractivity contribution in [3.63, 3.8) is 0 Å². The fourth-order valence-corrected chi connectivity index (χ4v) is 1.88. The summed E-state index contributed by atoms with van der Waals surface area (Å²) in [6.45, 7) is 1.19. The fraction of sp³-hybridized carbons (Fsp3) is 0.222. The lowest BCUT2D eigenvalue weighted by molar-refractivity contribution is -0.145. The van der Waals surface area contributed by atoms with Gasteiger partial charge in [-0.25, -0.2) is 9.59 Å². The molecule has 0 fully saturated rings. The van der Waals surface area contributed by atoms with Gasteiger partial charge in [-0.05, 0) is 24.6 Å². The van der Waals surface area contributed by atoms with Crippen molar-refractivity contribution in [2.24, 2.45) is 0 Å². The van der Waals surface area contributed by atoms with Gasteiger partial charge in [0.15, 0.2) is 5.54 Å². The van der Waals surface area contributed by atoms with Crippen LogP contribution in [0.1, 0.15) is 12.5 Å². The van der Waals surface area contributed by atoms with Crippen LogP contribution in [0.15, 0.2) is 60.7 Å². The Bertz CT molecular complexity index is 674. The van der Waals surface area contributed by atoms with Crippen molar-refractivity contribution < 1.29 is 24.2 Å². The van der Waals surface area contributed by atoms with Crippen molar-refractivity contribution in [1.82, 2.24) is 5.32 Å². The SMILES string of the molecule is CC(COc1ccccc1)(NC(=O)OCc1ccccc1)C(=O)O. The van der Waals surface area contributed by atoms with Gasteiger partial charge in [-0.1, -0.05) is 48.5 Å². The van der Waals surface area contributed by atoms with Crippen LogP contribution in [0, 0.1) is 0 Å². The lowest BCUT2D eigenvalue weighted by Gasteiger charge is -2.25. The van der Waals surface area contributed by atoms with E-state index in [1.54, 1.807) is 24.3 Å². The van der Waals surface area contributed by atoms with Gasteiger partial charge in [-0.3, -0.25) is 0 Å². The van der Waals surface area contributed by atoms with Crippen LogP contribution in [-0.2, 0) is 16.1 Å². The summed E-state index contributed by atoms with van der Waals surface area (Å²) in [4.78, 5) is 23.4. The molecule has 0 aromatic heterocycles. The number of hydrogen-bond acceptors (Lipinski definition) is 4. The third-order valence-electron chi connectivity index (χ3n) is 3.33. The van der Waals surface area contributed by atoms with Crippen LogP contribution in [0.3, 0.4) is 0 Å². The van der Waals surface area contributed by atoms with Crippen LogP contribution >= 0.6 is 0 Å². The number of carbonyl (C=O) groups excluding carboxylic acids is 1. The van der Waals surface area contributed by atoms with E-state index in [1.807, 2.05) is 36.4 Å². The Hall–Kier alpha value is -3.02. The van der Waals surface area contributed by atoms with E-state index < -0.39 is 17.6 Å². The Balaban J connectivity index is 1.91. The Morgan fingerprint density at radius 3 is 2.21 bits per heavy atom. The van der Waals surface area contributed by atoms with Gasteiger partial charge in [0.25, 0.3) is 0 Å². The number of rotatable bonds is 7. The van der Waals surface area contributed by atoms with Crippen LogP contribution in [0.2, 0.25) is 0 Å². The molecule has 0 aliphatic carbocycles. The molecule has 126 valence electrons. The van der Waals surface area contributed by atoms with Gasteiger partial charge < -0.3 is 19.9 Å². The van der Waals surface area contributed by atoms with Gasteiger partial charge >= 0.3 is 12.1 Å². The fourth-order valence-electron chi connectivity index (χ4n) is 1.88. The summed E-state index contributed by atoms with van der Waals surface area (Å²) in [7, 11) is 0. The minimum atomic E-state index is -1.61. The summed E-state index contributed by atoms with van der Waals surface area (Å²) >= 11 is 0. The zero-order chi connectivity index (χ0) is 17.4. The lowest BCUT2D eigenvalue weighted by Crippen LogP contribution is -2.56. The second kappa shape index (κ2) is 8.01. The highest BCUT2D eigenvalue weighted by Gasteiger charge is 2.36. The van der Waals surface area contributed by atoms with E-state index in [0.29, 0.717) is 5.75 Å². The van der Waals surface area contributed by atoms with Gasteiger partial charge in [-0.15, -0.1) is 0 Å². The molecule has 0 aliphatic heterocycles. The second-order valence-electron chi connectivity index (χ2n) is 5.43. The van der Waals surface area contributed by atoms with Gasteiger partial charge in [0.2, 0.25) is 0 Å². The molecule has 6 heteroatoms. The normalized spacial score (nSPS) is 12.7. The van der Waals surface area contributed by atoms with Crippen LogP contribution in [0.5, 0.6) is 5.75 Å². The number of nitrogens with one attached hydrogen (secondary N) is 1. The summed E-state index contributed by atoms with van der Waals surface area (Å²) < 4.78 is 10.5. The first-order valence-corrected chi connectivity index (χ1v) is 7.40. The zero-order valence-corrected chi connectivity index (χ0v) is 13.3. The standard InChI is InChI=1S/C18H19NO5/c1-18(16(20)21,13-24-15-10-6-3-7-11-15)19-17(22)23-12-14-8-4-2-5-9-14/h2-11H,12-13H2,1H3,(H,19,22)(H,20,21). The minimum absolute atomic E-state index is 0.0575. The monoisotopic (exact) mass is 329 g/mol. The highest BCUT2D eigenvalue weighted by molar-refractivity contribution is 5.84. The molecule has 2 aromatic carbocycles. The van der Waals surface area contributed by atoms with Crippen LogP contribution in [0.25, 0.3) is 0 Å². The maximum Gasteiger partial charge on any atom is 0.408 e. The zero-order valence-electron chi connectivity index (χ0n) is 13.3. The first-order valence-electron chi connectivity index (χ1n) is 7.40. The van der Waals surface area contributed by atoms with E-state index in [1.165, 1.54) is 6.92 Å². The van der Waals surface area contributed by atoms with Crippen molar-refractivity contribution in [3.8, 4) is 5.75 Å². The predicted octanol–water partition coefficient (Wildman–Crippen LogP) is 2.84. The molecule has 0 saturated heterocycles. The van der Waals surface area contributed by atoms with E-state index >= 15 is 0 Å². The molecule has 1 unspecified atom stereocenters. The molecule has 2 rings (SSSR count). The lowest BCUT2D eigenvalue weighted by atomic mass is 10.1. The van der Waals surface area contributed by atoms with E-state index in [9.17, 15) is 14.7 Å². The molecule has 1 atom stereocenters. The van der Waals surface area contributed by atoms with Crippen molar-refractivity contribution in [3.05, 3.63) is 66.2 Å². The first kappa shape index (κ1) is 17.3.